The second-order valence-electron chi connectivity index (χ2n) is 3.22. The fraction of sp³-hybridized carbons (Fsp3) is 0.400. The summed E-state index contributed by atoms with van der Waals surface area (Å²) in [6.45, 7) is 0.356. The van der Waals surface area contributed by atoms with Gasteiger partial charge in [0.05, 0.1) is 0 Å². The molecule has 1 heterocycles. The van der Waals surface area contributed by atoms with Gasteiger partial charge in [0.15, 0.2) is 0 Å². The van der Waals surface area contributed by atoms with Gasteiger partial charge in [0.2, 0.25) is 5.91 Å². The molecule has 1 aliphatic heterocycles. The van der Waals surface area contributed by atoms with Gasteiger partial charge in [-0.15, -0.1) is 0 Å². The molecule has 3 amide bonds. The van der Waals surface area contributed by atoms with Gasteiger partial charge in [0.1, 0.15) is 6.29 Å². The molecule has 0 saturated heterocycles. The molecule has 0 aliphatic carbocycles. The molecular formula is C10H12N2O4. The highest BCUT2D eigenvalue weighted by Gasteiger charge is 2.22. The molecule has 0 aromatic carbocycles. The maximum Gasteiger partial charge on any atom is 0.253 e. The minimum absolute atomic E-state index is 0.129. The number of imide groups is 1. The zero-order valence-corrected chi connectivity index (χ0v) is 8.64. The summed E-state index contributed by atoms with van der Waals surface area (Å²) in [6, 6.07) is 0. The van der Waals surface area contributed by atoms with Gasteiger partial charge in [0.25, 0.3) is 11.8 Å². The van der Waals surface area contributed by atoms with E-state index in [-0.39, 0.29) is 43.7 Å². The highest BCUT2D eigenvalue weighted by atomic mass is 16.2. The predicted molar refractivity (Wildman–Crippen MR) is 54.2 cm³/mol. The third-order valence-corrected chi connectivity index (χ3v) is 2.05. The molecule has 0 bridgehead atoms. The first-order valence-electron chi connectivity index (χ1n) is 4.89. The molecule has 6 heteroatoms. The van der Waals surface area contributed by atoms with E-state index in [1.54, 1.807) is 0 Å². The van der Waals surface area contributed by atoms with Gasteiger partial charge < -0.3 is 10.1 Å². The average Bonchev–Trinajstić information content (AvgIpc) is 2.57. The largest absolute Gasteiger partial charge is 0.354 e. The van der Waals surface area contributed by atoms with Gasteiger partial charge in [-0.25, -0.2) is 0 Å². The number of nitrogens with zero attached hydrogens (tertiary/aromatic N) is 1. The molecule has 0 atom stereocenters. The van der Waals surface area contributed by atoms with Gasteiger partial charge >= 0.3 is 0 Å². The second kappa shape index (κ2) is 5.79. The Morgan fingerprint density at radius 1 is 1.31 bits per heavy atom. The van der Waals surface area contributed by atoms with Crippen molar-refractivity contribution >= 4 is 24.0 Å². The van der Waals surface area contributed by atoms with Crippen LogP contribution in [0.4, 0.5) is 0 Å². The Morgan fingerprint density at radius 2 is 1.94 bits per heavy atom. The highest BCUT2D eigenvalue weighted by molar-refractivity contribution is 6.12. The molecule has 1 aliphatic rings. The van der Waals surface area contributed by atoms with Gasteiger partial charge in [-0.2, -0.15) is 0 Å². The molecule has 0 radical (unpaired) electrons. The number of hydrogen-bond donors (Lipinski definition) is 1. The third kappa shape index (κ3) is 3.30. The second-order valence-corrected chi connectivity index (χ2v) is 3.22. The number of carbonyl (C=O) groups is 4. The molecule has 16 heavy (non-hydrogen) atoms. The first kappa shape index (κ1) is 12.1. The van der Waals surface area contributed by atoms with E-state index in [1.165, 1.54) is 12.2 Å². The van der Waals surface area contributed by atoms with E-state index in [9.17, 15) is 19.2 Å². The summed E-state index contributed by atoms with van der Waals surface area (Å²) in [5.74, 6) is -1.00. The number of carbonyl (C=O) groups excluding carboxylic acids is 4. The minimum Gasteiger partial charge on any atom is -0.354 e. The monoisotopic (exact) mass is 224 g/mol. The van der Waals surface area contributed by atoms with E-state index in [1.807, 2.05) is 0 Å². The summed E-state index contributed by atoms with van der Waals surface area (Å²) < 4.78 is 0. The van der Waals surface area contributed by atoms with E-state index in [2.05, 4.69) is 5.32 Å². The number of amides is 3. The van der Waals surface area contributed by atoms with Crippen molar-refractivity contribution in [3.05, 3.63) is 12.2 Å². The number of rotatable bonds is 6. The van der Waals surface area contributed by atoms with Crippen molar-refractivity contribution < 1.29 is 19.2 Å². The number of hydrogen-bond acceptors (Lipinski definition) is 4. The molecular weight excluding hydrogens is 212 g/mol. The molecule has 0 saturated carbocycles. The summed E-state index contributed by atoms with van der Waals surface area (Å²) in [5, 5.41) is 2.51. The van der Waals surface area contributed by atoms with E-state index in [0.29, 0.717) is 6.29 Å². The lowest BCUT2D eigenvalue weighted by Gasteiger charge is -2.13. The number of nitrogens with one attached hydrogen (secondary N) is 1. The molecule has 0 aromatic heterocycles. The first-order valence-corrected chi connectivity index (χ1v) is 4.89. The van der Waals surface area contributed by atoms with Crippen LogP contribution in [0.1, 0.15) is 12.8 Å². The number of aldehydes is 1. The standard InChI is InChI=1S/C10H12N2O4/c13-7-1-2-8(14)11-5-6-12-9(15)3-4-10(12)16/h3-4,7H,1-2,5-6H2,(H,11,14). The Balaban J connectivity index is 2.20. The van der Waals surface area contributed by atoms with Crippen molar-refractivity contribution in [1.29, 1.82) is 0 Å². The third-order valence-electron chi connectivity index (χ3n) is 2.05. The Hall–Kier alpha value is -1.98. The van der Waals surface area contributed by atoms with Crippen molar-refractivity contribution in [3.8, 4) is 0 Å². The van der Waals surface area contributed by atoms with Crippen LogP contribution >= 0.6 is 0 Å². The molecule has 0 fully saturated rings. The maximum absolute atomic E-state index is 11.1. The van der Waals surface area contributed by atoms with Crippen LogP contribution in [0.3, 0.4) is 0 Å². The van der Waals surface area contributed by atoms with E-state index < -0.39 is 0 Å². The SMILES string of the molecule is O=CCCC(=O)NCCN1C(=O)C=CC1=O. The quantitative estimate of drug-likeness (QED) is 0.463. The van der Waals surface area contributed by atoms with Crippen molar-refractivity contribution in [2.75, 3.05) is 13.1 Å². The smallest absolute Gasteiger partial charge is 0.253 e. The van der Waals surface area contributed by atoms with Gasteiger partial charge in [-0.3, -0.25) is 19.3 Å². The van der Waals surface area contributed by atoms with Gasteiger partial charge in [-0.05, 0) is 0 Å². The normalized spacial score (nSPS) is 14.4. The fourth-order valence-corrected chi connectivity index (χ4v) is 1.24. The summed E-state index contributed by atoms with van der Waals surface area (Å²) in [7, 11) is 0. The Bertz CT molecular complexity index is 331. The summed E-state index contributed by atoms with van der Waals surface area (Å²) in [4.78, 5) is 44.3. The van der Waals surface area contributed by atoms with Crippen molar-refractivity contribution in [3.63, 3.8) is 0 Å². The highest BCUT2D eigenvalue weighted by Crippen LogP contribution is 2.01. The summed E-state index contributed by atoms with van der Waals surface area (Å²) in [6.07, 6.45) is 3.35. The van der Waals surface area contributed by atoms with E-state index >= 15 is 0 Å². The molecule has 0 unspecified atom stereocenters. The van der Waals surface area contributed by atoms with Crippen molar-refractivity contribution in [2.45, 2.75) is 12.8 Å². The predicted octanol–water partition coefficient (Wildman–Crippen LogP) is -0.993. The van der Waals surface area contributed by atoms with Crippen molar-refractivity contribution in [2.24, 2.45) is 0 Å². The zero-order chi connectivity index (χ0) is 12.0. The Morgan fingerprint density at radius 3 is 2.50 bits per heavy atom. The molecule has 6 nitrogen and oxygen atoms in total. The lowest BCUT2D eigenvalue weighted by molar-refractivity contribution is -0.137. The molecule has 86 valence electrons. The molecule has 0 aromatic rings. The van der Waals surface area contributed by atoms with Crippen LogP contribution in [0.25, 0.3) is 0 Å². The van der Waals surface area contributed by atoms with Crippen LogP contribution in [-0.2, 0) is 19.2 Å². The van der Waals surface area contributed by atoms with Crippen LogP contribution < -0.4 is 5.32 Å². The van der Waals surface area contributed by atoms with Crippen LogP contribution in [0, 0.1) is 0 Å². The van der Waals surface area contributed by atoms with E-state index in [0.717, 1.165) is 4.90 Å². The lowest BCUT2D eigenvalue weighted by Crippen LogP contribution is -2.38. The summed E-state index contributed by atoms with van der Waals surface area (Å²) in [5.41, 5.74) is 0. The van der Waals surface area contributed by atoms with Gasteiger partial charge in [0, 0.05) is 38.1 Å². The zero-order valence-electron chi connectivity index (χ0n) is 8.64. The minimum atomic E-state index is -0.368. The first-order chi connectivity index (χ1) is 7.65. The fourth-order valence-electron chi connectivity index (χ4n) is 1.24. The van der Waals surface area contributed by atoms with Crippen LogP contribution in [-0.4, -0.2) is 42.0 Å². The topological polar surface area (TPSA) is 83.6 Å². The van der Waals surface area contributed by atoms with Crippen LogP contribution in [0.2, 0.25) is 0 Å². The van der Waals surface area contributed by atoms with E-state index in [4.69, 9.17) is 0 Å². The van der Waals surface area contributed by atoms with Crippen LogP contribution in [0.15, 0.2) is 12.2 Å². The van der Waals surface area contributed by atoms with Crippen LogP contribution in [0.5, 0.6) is 0 Å². The Kier molecular flexibility index (Phi) is 4.38. The molecule has 0 spiro atoms. The lowest BCUT2D eigenvalue weighted by atomic mass is 10.3. The average molecular weight is 224 g/mol. The maximum atomic E-state index is 11.1. The van der Waals surface area contributed by atoms with Crippen molar-refractivity contribution in [1.82, 2.24) is 10.2 Å². The molecule has 1 rings (SSSR count). The Labute approximate surface area is 92.3 Å². The summed E-state index contributed by atoms with van der Waals surface area (Å²) >= 11 is 0. The molecule has 1 N–H and O–H groups in total. The van der Waals surface area contributed by atoms with Gasteiger partial charge in [-0.1, -0.05) is 0 Å².